The summed E-state index contributed by atoms with van der Waals surface area (Å²) in [5.41, 5.74) is 4.21. The van der Waals surface area contributed by atoms with Crippen molar-refractivity contribution in [1.29, 1.82) is 0 Å². The van der Waals surface area contributed by atoms with E-state index in [1.807, 2.05) is 38.1 Å². The Hall–Kier alpha value is -2.82. The molecule has 0 aromatic heterocycles. The van der Waals surface area contributed by atoms with E-state index in [0.29, 0.717) is 22.5 Å². The molecule has 0 amide bonds. The molecule has 0 fully saturated rings. The van der Waals surface area contributed by atoms with Crippen molar-refractivity contribution < 1.29 is 19.1 Å². The number of aryl methyl sites for hydroxylation is 1. The van der Waals surface area contributed by atoms with E-state index >= 15 is 0 Å². The van der Waals surface area contributed by atoms with Gasteiger partial charge in [0.15, 0.2) is 0 Å². The first kappa shape index (κ1) is 16.1. The predicted octanol–water partition coefficient (Wildman–Crippen LogP) is 2.50. The molecule has 1 N–H and O–H groups in total. The fraction of sp³-hybridized carbons (Fsp3) is 0.263. The van der Waals surface area contributed by atoms with E-state index in [1.54, 1.807) is 0 Å². The van der Waals surface area contributed by atoms with E-state index in [0.717, 1.165) is 11.1 Å². The van der Waals surface area contributed by atoms with E-state index in [2.05, 4.69) is 11.9 Å². The molecule has 1 atom stereocenters. The van der Waals surface area contributed by atoms with Crippen LogP contribution in [0.4, 0.5) is 0 Å². The minimum absolute atomic E-state index is 0.118. The third-order valence-corrected chi connectivity index (χ3v) is 4.26. The summed E-state index contributed by atoms with van der Waals surface area (Å²) in [6, 6.07) is 7.71. The van der Waals surface area contributed by atoms with Crippen LogP contribution in [0.3, 0.4) is 0 Å². The van der Waals surface area contributed by atoms with Gasteiger partial charge in [-0.2, -0.15) is 0 Å². The van der Waals surface area contributed by atoms with Crippen LogP contribution in [0, 0.1) is 6.92 Å². The second-order valence-electron chi connectivity index (χ2n) is 5.81. The highest BCUT2D eigenvalue weighted by Gasteiger charge is 2.42. The molecule has 0 saturated carbocycles. The maximum atomic E-state index is 12.6. The molecule has 1 unspecified atom stereocenters. The van der Waals surface area contributed by atoms with Gasteiger partial charge < -0.3 is 14.8 Å². The smallest absolute Gasteiger partial charge is 0.337 e. The van der Waals surface area contributed by atoms with Crippen molar-refractivity contribution in [3.8, 4) is 0 Å². The number of dihydropyridines is 1. The van der Waals surface area contributed by atoms with E-state index in [-0.39, 0.29) is 13.2 Å². The summed E-state index contributed by atoms with van der Waals surface area (Å²) in [4.78, 5) is 24.9. The van der Waals surface area contributed by atoms with Crippen LogP contribution in [0.15, 0.2) is 59.5 Å². The summed E-state index contributed by atoms with van der Waals surface area (Å²) in [7, 11) is 0. The highest BCUT2D eigenvalue weighted by atomic mass is 16.5. The monoisotopic (exact) mass is 325 g/mol. The molecule has 3 rings (SSSR count). The van der Waals surface area contributed by atoms with Gasteiger partial charge in [-0.05, 0) is 25.0 Å². The summed E-state index contributed by atoms with van der Waals surface area (Å²) in [5, 5.41) is 3.12. The van der Waals surface area contributed by atoms with E-state index in [9.17, 15) is 9.59 Å². The number of hydrogen-bond donors (Lipinski definition) is 1. The molecule has 2 aliphatic rings. The number of cyclic esters (lactones) is 1. The predicted molar refractivity (Wildman–Crippen MR) is 88.9 cm³/mol. The third kappa shape index (κ3) is 2.62. The lowest BCUT2D eigenvalue weighted by Crippen LogP contribution is -2.30. The minimum Gasteiger partial charge on any atom is -0.458 e. The topological polar surface area (TPSA) is 64.6 Å². The summed E-state index contributed by atoms with van der Waals surface area (Å²) in [6.45, 7) is 7.64. The Morgan fingerprint density at radius 3 is 2.88 bits per heavy atom. The molecular formula is C19H19NO4. The van der Waals surface area contributed by atoms with Gasteiger partial charge >= 0.3 is 11.9 Å². The molecule has 0 bridgehead atoms. The molecule has 0 radical (unpaired) electrons. The molecule has 0 spiro atoms. The number of ether oxygens (including phenoxy) is 2. The normalized spacial score (nSPS) is 19.6. The Bertz CT molecular complexity index is 788. The van der Waals surface area contributed by atoms with Crippen LogP contribution in [0.2, 0.25) is 0 Å². The van der Waals surface area contributed by atoms with Gasteiger partial charge in [-0.15, -0.1) is 0 Å². The molecule has 1 aromatic carbocycles. The molecule has 5 nitrogen and oxygen atoms in total. The Morgan fingerprint density at radius 2 is 2.17 bits per heavy atom. The number of hydrogen-bond acceptors (Lipinski definition) is 5. The van der Waals surface area contributed by atoms with Crippen LogP contribution >= 0.6 is 0 Å². The van der Waals surface area contributed by atoms with E-state index in [1.165, 1.54) is 6.08 Å². The number of benzene rings is 1. The van der Waals surface area contributed by atoms with Crippen molar-refractivity contribution >= 4 is 11.9 Å². The van der Waals surface area contributed by atoms with Crippen molar-refractivity contribution in [1.82, 2.24) is 5.32 Å². The van der Waals surface area contributed by atoms with Gasteiger partial charge in [0.05, 0.1) is 22.8 Å². The zero-order valence-electron chi connectivity index (χ0n) is 13.7. The van der Waals surface area contributed by atoms with Crippen LogP contribution in [-0.4, -0.2) is 25.2 Å². The molecule has 5 heteroatoms. The molecule has 24 heavy (non-hydrogen) atoms. The van der Waals surface area contributed by atoms with Gasteiger partial charge in [0.2, 0.25) is 0 Å². The zero-order valence-corrected chi connectivity index (χ0v) is 13.7. The van der Waals surface area contributed by atoms with Gasteiger partial charge in [-0.3, -0.25) is 0 Å². The summed E-state index contributed by atoms with van der Waals surface area (Å²) in [6.07, 6.45) is 1.52. The lowest BCUT2D eigenvalue weighted by Gasteiger charge is -2.28. The third-order valence-electron chi connectivity index (χ3n) is 4.26. The average Bonchev–Trinajstić information content (AvgIpc) is 2.92. The van der Waals surface area contributed by atoms with Crippen LogP contribution < -0.4 is 5.32 Å². The Balaban J connectivity index is 2.13. The molecule has 2 aliphatic heterocycles. The van der Waals surface area contributed by atoms with E-state index in [4.69, 9.17) is 9.47 Å². The summed E-state index contributed by atoms with van der Waals surface area (Å²) >= 11 is 0. The van der Waals surface area contributed by atoms with Gasteiger partial charge in [0, 0.05) is 5.70 Å². The Labute approximate surface area is 140 Å². The first-order valence-electron chi connectivity index (χ1n) is 7.76. The second kappa shape index (κ2) is 6.35. The van der Waals surface area contributed by atoms with Crippen LogP contribution in [0.5, 0.6) is 0 Å². The number of nitrogens with one attached hydrogen (secondary N) is 1. The summed E-state index contributed by atoms with van der Waals surface area (Å²) in [5.74, 6) is -1.35. The first-order chi connectivity index (χ1) is 11.5. The van der Waals surface area contributed by atoms with Gasteiger partial charge in [-0.1, -0.05) is 36.9 Å². The molecule has 124 valence electrons. The van der Waals surface area contributed by atoms with Crippen molar-refractivity contribution in [2.75, 3.05) is 13.2 Å². The number of rotatable bonds is 4. The molecule has 1 aromatic rings. The van der Waals surface area contributed by atoms with Crippen molar-refractivity contribution in [3.05, 3.63) is 70.6 Å². The lowest BCUT2D eigenvalue weighted by molar-refractivity contribution is -0.138. The summed E-state index contributed by atoms with van der Waals surface area (Å²) < 4.78 is 10.4. The average molecular weight is 325 g/mol. The maximum absolute atomic E-state index is 12.6. The van der Waals surface area contributed by atoms with Crippen LogP contribution in [0.1, 0.15) is 24.0 Å². The highest BCUT2D eigenvalue weighted by molar-refractivity contribution is 6.01. The SMILES string of the molecule is C=CCOC(=O)C1=C(C)NC2=C(C(=O)OC2)C1c1ccccc1C. The van der Waals surface area contributed by atoms with Gasteiger partial charge in [0.25, 0.3) is 0 Å². The molecule has 2 heterocycles. The number of carbonyl (C=O) groups is 2. The largest absolute Gasteiger partial charge is 0.458 e. The highest BCUT2D eigenvalue weighted by Crippen LogP contribution is 2.42. The van der Waals surface area contributed by atoms with Gasteiger partial charge in [0.1, 0.15) is 13.2 Å². The van der Waals surface area contributed by atoms with Crippen molar-refractivity contribution in [2.24, 2.45) is 0 Å². The fourth-order valence-electron chi connectivity index (χ4n) is 3.17. The number of allylic oxidation sites excluding steroid dienone is 1. The van der Waals surface area contributed by atoms with Crippen molar-refractivity contribution in [2.45, 2.75) is 19.8 Å². The molecule has 0 saturated heterocycles. The first-order valence-corrected chi connectivity index (χ1v) is 7.76. The lowest BCUT2D eigenvalue weighted by atomic mass is 9.79. The Kier molecular flexibility index (Phi) is 4.25. The fourth-order valence-corrected chi connectivity index (χ4v) is 3.17. The quantitative estimate of drug-likeness (QED) is 0.681. The Morgan fingerprint density at radius 1 is 1.42 bits per heavy atom. The van der Waals surface area contributed by atoms with Crippen molar-refractivity contribution in [3.63, 3.8) is 0 Å². The number of esters is 2. The van der Waals surface area contributed by atoms with E-state index < -0.39 is 17.9 Å². The van der Waals surface area contributed by atoms with Crippen LogP contribution in [-0.2, 0) is 19.1 Å². The number of carbonyl (C=O) groups excluding carboxylic acids is 2. The standard InChI is InChI=1S/C19H19NO4/c1-4-9-23-18(21)15-12(3)20-14-10-24-19(22)17(14)16(15)13-8-6-5-7-11(13)2/h4-8,16,20H,1,9-10H2,2-3H3. The van der Waals surface area contributed by atoms with Gasteiger partial charge in [-0.25, -0.2) is 9.59 Å². The maximum Gasteiger partial charge on any atom is 0.337 e. The zero-order chi connectivity index (χ0) is 17.3. The minimum atomic E-state index is -0.491. The van der Waals surface area contributed by atoms with Crippen LogP contribution in [0.25, 0.3) is 0 Å². The molecular weight excluding hydrogens is 306 g/mol. The second-order valence-corrected chi connectivity index (χ2v) is 5.81. The molecule has 0 aliphatic carbocycles.